The summed E-state index contributed by atoms with van der Waals surface area (Å²) < 4.78 is 4.47. The number of carboxylic acids is 1. The molecule has 8 nitrogen and oxygen atoms in total. The van der Waals surface area contributed by atoms with Gasteiger partial charge in [-0.05, 0) is 38.1 Å². The molecule has 0 spiro atoms. The zero-order chi connectivity index (χ0) is 19.1. The highest BCUT2D eigenvalue weighted by Crippen LogP contribution is 2.24. The van der Waals surface area contributed by atoms with Crippen molar-refractivity contribution in [2.75, 3.05) is 0 Å². The fourth-order valence-electron chi connectivity index (χ4n) is 3.06. The molecule has 4 rings (SSSR count). The zero-order valence-corrected chi connectivity index (χ0v) is 14.8. The summed E-state index contributed by atoms with van der Waals surface area (Å²) in [6.45, 7) is 3.15. The Balaban J connectivity index is 2.14. The van der Waals surface area contributed by atoms with Crippen LogP contribution in [-0.4, -0.2) is 35.2 Å². The van der Waals surface area contributed by atoms with Gasteiger partial charge >= 0.3 is 5.97 Å². The van der Waals surface area contributed by atoms with Crippen LogP contribution >= 0.6 is 0 Å². The van der Waals surface area contributed by atoms with Crippen LogP contribution in [0.3, 0.4) is 0 Å². The van der Waals surface area contributed by atoms with Crippen LogP contribution in [0.5, 0.6) is 0 Å². The van der Waals surface area contributed by atoms with Crippen molar-refractivity contribution in [2.24, 2.45) is 0 Å². The topological polar surface area (TPSA) is 94.9 Å². The van der Waals surface area contributed by atoms with Gasteiger partial charge in [0.1, 0.15) is 10.9 Å². The van der Waals surface area contributed by atoms with Gasteiger partial charge in [-0.3, -0.25) is 4.79 Å². The molecule has 0 bridgehead atoms. The molecule has 0 aliphatic carbocycles. The van der Waals surface area contributed by atoms with E-state index in [1.54, 1.807) is 16.2 Å². The smallest absolute Gasteiger partial charge is 0.328 e. The van der Waals surface area contributed by atoms with Crippen LogP contribution < -0.4 is 5.56 Å². The van der Waals surface area contributed by atoms with Gasteiger partial charge in [0.25, 0.3) is 5.56 Å². The fourth-order valence-corrected chi connectivity index (χ4v) is 3.06. The molecule has 0 saturated carbocycles. The lowest BCUT2D eigenvalue weighted by molar-refractivity contribution is -0.140. The number of rotatable bonds is 4. The molecule has 0 aliphatic rings. The summed E-state index contributed by atoms with van der Waals surface area (Å²) in [6, 6.07) is 12.1. The number of hydrogen-bond donors (Lipinski definition) is 1. The molecule has 3 aromatic heterocycles. The number of aliphatic carboxylic acids is 1. The summed E-state index contributed by atoms with van der Waals surface area (Å²) in [5.74, 6) is -0.579. The van der Waals surface area contributed by atoms with Gasteiger partial charge in [-0.1, -0.05) is 18.2 Å². The van der Waals surface area contributed by atoms with Crippen LogP contribution in [0, 0.1) is 6.92 Å². The quantitative estimate of drug-likeness (QED) is 0.600. The van der Waals surface area contributed by atoms with Crippen molar-refractivity contribution in [3.05, 3.63) is 70.9 Å². The van der Waals surface area contributed by atoms with E-state index in [4.69, 9.17) is 0 Å². The van der Waals surface area contributed by atoms with Gasteiger partial charge in [0.05, 0.1) is 11.4 Å². The number of fused-ring (bicyclic) bond motifs is 1. The number of aromatic nitrogens is 5. The van der Waals surface area contributed by atoms with Gasteiger partial charge < -0.3 is 9.67 Å². The third-order valence-corrected chi connectivity index (χ3v) is 4.46. The second kappa shape index (κ2) is 6.24. The van der Waals surface area contributed by atoms with E-state index in [1.807, 2.05) is 54.9 Å². The Hall–Kier alpha value is -3.68. The van der Waals surface area contributed by atoms with Gasteiger partial charge in [0.15, 0.2) is 11.9 Å². The van der Waals surface area contributed by atoms with Crippen LogP contribution in [-0.2, 0) is 4.79 Å². The first-order valence-corrected chi connectivity index (χ1v) is 8.42. The first kappa shape index (κ1) is 16.8. The van der Waals surface area contributed by atoms with E-state index in [0.717, 1.165) is 10.4 Å². The van der Waals surface area contributed by atoms with E-state index in [1.165, 1.54) is 6.92 Å². The van der Waals surface area contributed by atoms with Crippen LogP contribution in [0.4, 0.5) is 0 Å². The number of carbonyl (C=O) groups is 1. The van der Waals surface area contributed by atoms with Crippen LogP contribution in [0.15, 0.2) is 59.7 Å². The monoisotopic (exact) mass is 363 g/mol. The van der Waals surface area contributed by atoms with E-state index in [9.17, 15) is 14.7 Å². The first-order chi connectivity index (χ1) is 13.0. The Morgan fingerprint density at radius 2 is 1.74 bits per heavy atom. The maximum atomic E-state index is 13.2. The summed E-state index contributed by atoms with van der Waals surface area (Å²) in [5.41, 5.74) is 1.23. The lowest BCUT2D eigenvalue weighted by Crippen LogP contribution is -2.31. The van der Waals surface area contributed by atoms with Crippen LogP contribution in [0.25, 0.3) is 22.4 Å². The molecule has 0 amide bonds. The van der Waals surface area contributed by atoms with Crippen molar-refractivity contribution < 1.29 is 9.90 Å². The second-order valence-corrected chi connectivity index (χ2v) is 6.23. The SMILES string of the molecule is Cc1nn(C(C)C(=O)O)c(=O)c2c(-n3cccc3)n(-c3ccccc3)nc12. The minimum Gasteiger partial charge on any atom is -0.480 e. The van der Waals surface area contributed by atoms with Crippen molar-refractivity contribution >= 4 is 16.9 Å². The summed E-state index contributed by atoms with van der Waals surface area (Å²) >= 11 is 0. The lowest BCUT2D eigenvalue weighted by atomic mass is 10.2. The van der Waals surface area contributed by atoms with Gasteiger partial charge in [-0.2, -0.15) is 10.2 Å². The molecule has 4 aromatic rings. The molecule has 0 radical (unpaired) electrons. The number of aryl methyl sites for hydroxylation is 1. The maximum Gasteiger partial charge on any atom is 0.328 e. The molecule has 1 unspecified atom stereocenters. The lowest BCUT2D eigenvalue weighted by Gasteiger charge is -2.11. The van der Waals surface area contributed by atoms with Crippen LogP contribution in [0.1, 0.15) is 18.7 Å². The third-order valence-electron chi connectivity index (χ3n) is 4.46. The van der Waals surface area contributed by atoms with E-state index in [-0.39, 0.29) is 0 Å². The Labute approximate surface area is 153 Å². The minimum absolute atomic E-state index is 0.329. The summed E-state index contributed by atoms with van der Waals surface area (Å²) in [7, 11) is 0. The molecule has 136 valence electrons. The average Bonchev–Trinajstić information content (AvgIpc) is 3.32. The highest BCUT2D eigenvalue weighted by Gasteiger charge is 2.24. The number of para-hydroxylation sites is 1. The standard InChI is InChI=1S/C19H17N5O3/c1-12-16-15(18(25)23(20-12)13(2)19(26)27)17(22-10-6-7-11-22)24(21-16)14-8-4-3-5-9-14/h3-11,13H,1-2H3,(H,26,27). The molecule has 8 heteroatoms. The molecular weight excluding hydrogens is 346 g/mol. The van der Waals surface area contributed by atoms with E-state index < -0.39 is 17.6 Å². The van der Waals surface area contributed by atoms with E-state index in [2.05, 4.69) is 10.2 Å². The second-order valence-electron chi connectivity index (χ2n) is 6.23. The molecule has 1 aromatic carbocycles. The zero-order valence-electron chi connectivity index (χ0n) is 14.8. The van der Waals surface area contributed by atoms with Crippen molar-refractivity contribution in [2.45, 2.75) is 19.9 Å². The fraction of sp³-hybridized carbons (Fsp3) is 0.158. The first-order valence-electron chi connectivity index (χ1n) is 8.42. The summed E-state index contributed by atoms with van der Waals surface area (Å²) in [6.07, 6.45) is 3.63. The van der Waals surface area contributed by atoms with E-state index in [0.29, 0.717) is 22.4 Å². The maximum absolute atomic E-state index is 13.2. The number of nitrogens with zero attached hydrogens (tertiary/aromatic N) is 5. The predicted molar refractivity (Wildman–Crippen MR) is 99.5 cm³/mol. The van der Waals surface area contributed by atoms with Crippen molar-refractivity contribution in [3.63, 3.8) is 0 Å². The largest absolute Gasteiger partial charge is 0.480 e. The Morgan fingerprint density at radius 3 is 2.37 bits per heavy atom. The van der Waals surface area contributed by atoms with Gasteiger partial charge in [0, 0.05) is 12.4 Å². The highest BCUT2D eigenvalue weighted by molar-refractivity contribution is 5.88. The van der Waals surface area contributed by atoms with Crippen molar-refractivity contribution in [1.82, 2.24) is 24.1 Å². The molecule has 0 aliphatic heterocycles. The summed E-state index contributed by atoms with van der Waals surface area (Å²) in [5, 5.41) is 18.5. The molecule has 1 atom stereocenters. The number of benzene rings is 1. The number of hydrogen-bond acceptors (Lipinski definition) is 4. The molecule has 1 N–H and O–H groups in total. The highest BCUT2D eigenvalue weighted by atomic mass is 16.4. The van der Waals surface area contributed by atoms with Crippen molar-refractivity contribution in [3.8, 4) is 11.5 Å². The molecular formula is C19H17N5O3. The Bertz CT molecular complexity index is 1190. The Morgan fingerprint density at radius 1 is 1.07 bits per heavy atom. The van der Waals surface area contributed by atoms with Gasteiger partial charge in [-0.25, -0.2) is 14.2 Å². The van der Waals surface area contributed by atoms with Gasteiger partial charge in [-0.15, -0.1) is 0 Å². The summed E-state index contributed by atoms with van der Waals surface area (Å²) in [4.78, 5) is 24.6. The Kier molecular flexibility index (Phi) is 3.88. The molecule has 0 fully saturated rings. The minimum atomic E-state index is -1.12. The van der Waals surface area contributed by atoms with E-state index >= 15 is 0 Å². The van der Waals surface area contributed by atoms with Crippen LogP contribution in [0.2, 0.25) is 0 Å². The van der Waals surface area contributed by atoms with Crippen molar-refractivity contribution in [1.29, 1.82) is 0 Å². The molecule has 27 heavy (non-hydrogen) atoms. The van der Waals surface area contributed by atoms with Gasteiger partial charge in [0.2, 0.25) is 0 Å². The molecule has 3 heterocycles. The average molecular weight is 363 g/mol. The predicted octanol–water partition coefficient (Wildman–Crippen LogP) is 2.33. The third kappa shape index (κ3) is 2.62. The number of carboxylic acid groups (broad SMARTS) is 1. The normalized spacial score (nSPS) is 12.4. The molecule has 0 saturated heterocycles.